The molecule has 0 radical (unpaired) electrons. The molecule has 1 saturated heterocycles. The standard InChI is InChI=1S/C15H27NOS/c1-4-5-6-7-10-18-12-14-8-9-16(15(14)17)11-13(2)3/h12-13H,4-11H2,1-3H3. The Morgan fingerprint density at radius 2 is 2.11 bits per heavy atom. The van der Waals surface area contributed by atoms with Crippen LogP contribution in [0.5, 0.6) is 0 Å². The van der Waals surface area contributed by atoms with Crippen LogP contribution in [0.1, 0.15) is 52.9 Å². The van der Waals surface area contributed by atoms with E-state index in [4.69, 9.17) is 0 Å². The lowest BCUT2D eigenvalue weighted by Crippen LogP contribution is -2.28. The van der Waals surface area contributed by atoms with Gasteiger partial charge in [-0.2, -0.15) is 0 Å². The highest BCUT2D eigenvalue weighted by Gasteiger charge is 2.25. The van der Waals surface area contributed by atoms with Crippen LogP contribution in [0.4, 0.5) is 0 Å². The molecule has 0 aromatic rings. The average molecular weight is 269 g/mol. The second kappa shape index (κ2) is 8.63. The Labute approximate surface area is 116 Å². The zero-order chi connectivity index (χ0) is 13.4. The SMILES string of the molecule is CCCCCCSC=C1CCN(CC(C)C)C1=O. The Kier molecular flexibility index (Phi) is 7.48. The Bertz CT molecular complexity index is 286. The maximum absolute atomic E-state index is 12.1. The van der Waals surface area contributed by atoms with Gasteiger partial charge in [0.15, 0.2) is 0 Å². The van der Waals surface area contributed by atoms with Gasteiger partial charge in [0.25, 0.3) is 0 Å². The van der Waals surface area contributed by atoms with E-state index in [0.29, 0.717) is 5.92 Å². The zero-order valence-corrected chi connectivity index (χ0v) is 12.9. The molecule has 0 aromatic heterocycles. The lowest BCUT2D eigenvalue weighted by atomic mass is 10.2. The number of thioether (sulfide) groups is 1. The van der Waals surface area contributed by atoms with Crippen LogP contribution in [0, 0.1) is 5.92 Å². The molecular formula is C15H27NOS. The number of hydrogen-bond acceptors (Lipinski definition) is 2. The predicted octanol–water partition coefficient (Wildman–Crippen LogP) is 4.07. The summed E-state index contributed by atoms with van der Waals surface area (Å²) >= 11 is 1.82. The van der Waals surface area contributed by atoms with Crippen molar-refractivity contribution >= 4 is 17.7 Å². The van der Waals surface area contributed by atoms with E-state index < -0.39 is 0 Å². The fraction of sp³-hybridized carbons (Fsp3) is 0.800. The highest BCUT2D eigenvalue weighted by Crippen LogP contribution is 2.22. The van der Waals surface area contributed by atoms with Crippen molar-refractivity contribution in [3.8, 4) is 0 Å². The Morgan fingerprint density at radius 3 is 2.78 bits per heavy atom. The zero-order valence-electron chi connectivity index (χ0n) is 12.1. The lowest BCUT2D eigenvalue weighted by molar-refractivity contribution is -0.125. The van der Waals surface area contributed by atoms with E-state index in [2.05, 4.69) is 26.2 Å². The molecule has 1 amide bonds. The molecular weight excluding hydrogens is 242 g/mol. The summed E-state index contributed by atoms with van der Waals surface area (Å²) in [6.07, 6.45) is 6.15. The fourth-order valence-electron chi connectivity index (χ4n) is 2.16. The largest absolute Gasteiger partial charge is 0.338 e. The van der Waals surface area contributed by atoms with Gasteiger partial charge in [0.05, 0.1) is 0 Å². The number of hydrogen-bond donors (Lipinski definition) is 0. The molecule has 18 heavy (non-hydrogen) atoms. The average Bonchev–Trinajstić information content (AvgIpc) is 2.65. The molecule has 1 aliphatic rings. The van der Waals surface area contributed by atoms with Gasteiger partial charge >= 0.3 is 0 Å². The van der Waals surface area contributed by atoms with Crippen LogP contribution >= 0.6 is 11.8 Å². The summed E-state index contributed by atoms with van der Waals surface area (Å²) in [5.74, 6) is 1.99. The van der Waals surface area contributed by atoms with E-state index in [-0.39, 0.29) is 5.91 Å². The smallest absolute Gasteiger partial charge is 0.250 e. The third kappa shape index (κ3) is 5.47. The van der Waals surface area contributed by atoms with Gasteiger partial charge in [-0.25, -0.2) is 0 Å². The predicted molar refractivity (Wildman–Crippen MR) is 80.7 cm³/mol. The highest BCUT2D eigenvalue weighted by molar-refractivity contribution is 8.02. The third-order valence-electron chi connectivity index (χ3n) is 3.14. The number of unbranched alkanes of at least 4 members (excludes halogenated alkanes) is 3. The van der Waals surface area contributed by atoms with Crippen molar-refractivity contribution in [3.63, 3.8) is 0 Å². The van der Waals surface area contributed by atoms with E-state index in [1.807, 2.05) is 16.7 Å². The number of amides is 1. The van der Waals surface area contributed by atoms with Crippen LogP contribution in [0.15, 0.2) is 11.0 Å². The highest BCUT2D eigenvalue weighted by atomic mass is 32.2. The second-order valence-electron chi connectivity index (χ2n) is 5.47. The number of rotatable bonds is 8. The summed E-state index contributed by atoms with van der Waals surface area (Å²) in [6, 6.07) is 0. The molecule has 0 atom stereocenters. The van der Waals surface area contributed by atoms with Crippen LogP contribution in [-0.4, -0.2) is 29.6 Å². The molecule has 1 aliphatic heterocycles. The first-order valence-electron chi connectivity index (χ1n) is 7.25. The van der Waals surface area contributed by atoms with Crippen LogP contribution in [0.3, 0.4) is 0 Å². The van der Waals surface area contributed by atoms with E-state index in [1.54, 1.807) is 0 Å². The fourth-order valence-corrected chi connectivity index (χ4v) is 3.07. The van der Waals surface area contributed by atoms with Crippen molar-refractivity contribution < 1.29 is 4.79 Å². The first-order chi connectivity index (χ1) is 8.65. The maximum Gasteiger partial charge on any atom is 0.250 e. The Morgan fingerprint density at radius 1 is 1.33 bits per heavy atom. The van der Waals surface area contributed by atoms with Crippen LogP contribution in [0.25, 0.3) is 0 Å². The molecule has 2 nitrogen and oxygen atoms in total. The minimum absolute atomic E-state index is 0.268. The Balaban J connectivity index is 2.24. The van der Waals surface area contributed by atoms with Crippen LogP contribution in [0.2, 0.25) is 0 Å². The van der Waals surface area contributed by atoms with Crippen molar-refractivity contribution in [1.29, 1.82) is 0 Å². The Hall–Kier alpha value is -0.440. The molecule has 0 bridgehead atoms. The van der Waals surface area contributed by atoms with E-state index in [1.165, 1.54) is 25.7 Å². The molecule has 104 valence electrons. The first kappa shape index (κ1) is 15.6. The van der Waals surface area contributed by atoms with Crippen molar-refractivity contribution in [3.05, 3.63) is 11.0 Å². The third-order valence-corrected chi connectivity index (χ3v) is 4.12. The number of carbonyl (C=O) groups is 1. The molecule has 1 fully saturated rings. The number of carbonyl (C=O) groups excluding carboxylic acids is 1. The summed E-state index contributed by atoms with van der Waals surface area (Å²) in [5, 5.41) is 2.11. The molecule has 1 heterocycles. The van der Waals surface area contributed by atoms with Crippen LogP contribution < -0.4 is 0 Å². The first-order valence-corrected chi connectivity index (χ1v) is 8.30. The number of nitrogens with zero attached hydrogens (tertiary/aromatic N) is 1. The lowest BCUT2D eigenvalue weighted by Gasteiger charge is -2.17. The van der Waals surface area contributed by atoms with Gasteiger partial charge in [-0.05, 0) is 29.9 Å². The summed E-state index contributed by atoms with van der Waals surface area (Å²) in [5.41, 5.74) is 1.02. The minimum Gasteiger partial charge on any atom is -0.338 e. The summed E-state index contributed by atoms with van der Waals surface area (Å²) < 4.78 is 0. The molecule has 0 N–H and O–H groups in total. The van der Waals surface area contributed by atoms with Gasteiger partial charge in [-0.3, -0.25) is 4.79 Å². The monoisotopic (exact) mass is 269 g/mol. The second-order valence-corrected chi connectivity index (χ2v) is 6.45. The van der Waals surface area contributed by atoms with Gasteiger partial charge in [0.2, 0.25) is 5.91 Å². The summed E-state index contributed by atoms with van der Waals surface area (Å²) in [4.78, 5) is 14.0. The summed E-state index contributed by atoms with van der Waals surface area (Å²) in [7, 11) is 0. The van der Waals surface area contributed by atoms with Gasteiger partial charge in [-0.1, -0.05) is 40.0 Å². The van der Waals surface area contributed by atoms with Gasteiger partial charge < -0.3 is 4.90 Å². The molecule has 3 heteroatoms. The van der Waals surface area contributed by atoms with Crippen molar-refractivity contribution in [2.45, 2.75) is 52.9 Å². The van der Waals surface area contributed by atoms with Gasteiger partial charge in [0, 0.05) is 18.7 Å². The summed E-state index contributed by atoms with van der Waals surface area (Å²) in [6.45, 7) is 8.38. The molecule has 0 unspecified atom stereocenters. The minimum atomic E-state index is 0.268. The van der Waals surface area contributed by atoms with Gasteiger partial charge in [-0.15, -0.1) is 11.8 Å². The van der Waals surface area contributed by atoms with Crippen molar-refractivity contribution in [2.75, 3.05) is 18.8 Å². The quantitative estimate of drug-likeness (QED) is 0.489. The van der Waals surface area contributed by atoms with E-state index in [0.717, 1.165) is 30.8 Å². The molecule has 1 rings (SSSR count). The van der Waals surface area contributed by atoms with Crippen LogP contribution in [-0.2, 0) is 4.79 Å². The molecule has 0 saturated carbocycles. The van der Waals surface area contributed by atoms with Crippen molar-refractivity contribution in [1.82, 2.24) is 4.90 Å². The van der Waals surface area contributed by atoms with Crippen molar-refractivity contribution in [2.24, 2.45) is 5.92 Å². The van der Waals surface area contributed by atoms with Gasteiger partial charge in [0.1, 0.15) is 0 Å². The molecule has 0 aromatic carbocycles. The molecule has 0 aliphatic carbocycles. The maximum atomic E-state index is 12.1. The van der Waals surface area contributed by atoms with E-state index in [9.17, 15) is 4.79 Å². The molecule has 0 spiro atoms. The topological polar surface area (TPSA) is 20.3 Å². The number of likely N-dealkylation sites (tertiary alicyclic amines) is 1. The van der Waals surface area contributed by atoms with E-state index >= 15 is 0 Å². The normalized spacial score (nSPS) is 18.3.